The van der Waals surface area contributed by atoms with Crippen LogP contribution in [0, 0.1) is 11.7 Å². The number of fused-ring (bicyclic) bond motifs is 1. The highest BCUT2D eigenvalue weighted by Gasteiger charge is 2.15. The van der Waals surface area contributed by atoms with Crippen LogP contribution < -0.4 is 0 Å². The molecular formula is C19H17N5S. The van der Waals surface area contributed by atoms with Crippen LogP contribution in [0.3, 0.4) is 0 Å². The quantitative estimate of drug-likeness (QED) is 0.444. The molecule has 1 N–H and O–H groups in total. The van der Waals surface area contributed by atoms with Crippen LogP contribution in [0.1, 0.15) is 11.4 Å². The minimum absolute atomic E-state index is 0.482. The smallest absolute Gasteiger partial charge is 0.216 e. The summed E-state index contributed by atoms with van der Waals surface area (Å²) in [5.74, 6) is 0.725. The second kappa shape index (κ2) is 6.14. The summed E-state index contributed by atoms with van der Waals surface area (Å²) in [4.78, 5) is 0. The molecular weight excluding hydrogens is 330 g/mol. The lowest BCUT2D eigenvalue weighted by atomic mass is 10.1. The largest absolute Gasteiger partial charge is 0.343 e. The fraction of sp³-hybridized carbons (Fsp3) is 0.105. The number of aromatic nitrogens is 4. The van der Waals surface area contributed by atoms with E-state index in [1.807, 2.05) is 43.5 Å². The van der Waals surface area contributed by atoms with Crippen LogP contribution in [-0.4, -0.2) is 25.7 Å². The van der Waals surface area contributed by atoms with Gasteiger partial charge in [-0.2, -0.15) is 14.9 Å². The zero-order chi connectivity index (χ0) is 17.4. The standard InChI is InChI=1S/C19H17N5S/c1-13-21-22-19(25)24(13)20-12-16-15-10-6-7-11-17(15)23(2)18(16)14-8-4-3-5-9-14/h3-12H,1-2H3,(H,22,25)/b20-12+. The monoisotopic (exact) mass is 347 g/mol. The van der Waals surface area contributed by atoms with Gasteiger partial charge in [0, 0.05) is 23.5 Å². The number of H-pyrrole nitrogens is 1. The van der Waals surface area contributed by atoms with Crippen molar-refractivity contribution >= 4 is 29.3 Å². The molecule has 0 aliphatic carbocycles. The van der Waals surface area contributed by atoms with Gasteiger partial charge in [0.25, 0.3) is 0 Å². The molecule has 0 radical (unpaired) electrons. The molecule has 0 atom stereocenters. The van der Waals surface area contributed by atoms with Crippen LogP contribution in [0.2, 0.25) is 0 Å². The average molecular weight is 347 g/mol. The van der Waals surface area contributed by atoms with E-state index in [-0.39, 0.29) is 0 Å². The Kier molecular flexibility index (Phi) is 3.82. The maximum Gasteiger partial charge on any atom is 0.216 e. The van der Waals surface area contributed by atoms with E-state index in [0.717, 1.165) is 33.5 Å². The number of rotatable bonds is 3. The van der Waals surface area contributed by atoms with Gasteiger partial charge >= 0.3 is 0 Å². The van der Waals surface area contributed by atoms with Gasteiger partial charge in [-0.1, -0.05) is 48.5 Å². The lowest BCUT2D eigenvalue weighted by Crippen LogP contribution is -1.96. The van der Waals surface area contributed by atoms with E-state index >= 15 is 0 Å². The summed E-state index contributed by atoms with van der Waals surface area (Å²) in [6.07, 6.45) is 1.86. The lowest BCUT2D eigenvalue weighted by Gasteiger charge is -2.06. The fourth-order valence-electron chi connectivity index (χ4n) is 3.12. The van der Waals surface area contributed by atoms with Gasteiger partial charge in [-0.25, -0.2) is 0 Å². The Labute approximate surface area is 150 Å². The van der Waals surface area contributed by atoms with Gasteiger partial charge in [-0.15, -0.1) is 0 Å². The predicted octanol–water partition coefficient (Wildman–Crippen LogP) is 4.29. The van der Waals surface area contributed by atoms with Crippen LogP contribution in [0.4, 0.5) is 0 Å². The first-order chi connectivity index (χ1) is 12.2. The van der Waals surface area contributed by atoms with Gasteiger partial charge in [0.15, 0.2) is 0 Å². The first kappa shape index (κ1) is 15.5. The van der Waals surface area contributed by atoms with E-state index in [1.165, 1.54) is 0 Å². The van der Waals surface area contributed by atoms with E-state index in [9.17, 15) is 0 Å². The third-order valence-corrected chi connectivity index (χ3v) is 4.57. The van der Waals surface area contributed by atoms with E-state index in [1.54, 1.807) is 4.68 Å². The van der Waals surface area contributed by atoms with Gasteiger partial charge < -0.3 is 4.57 Å². The van der Waals surface area contributed by atoms with E-state index in [2.05, 4.69) is 51.2 Å². The molecule has 4 rings (SSSR count). The molecule has 0 saturated carbocycles. The van der Waals surface area contributed by atoms with Crippen LogP contribution >= 0.6 is 12.2 Å². The molecule has 4 aromatic rings. The van der Waals surface area contributed by atoms with Gasteiger partial charge in [-0.3, -0.25) is 5.10 Å². The van der Waals surface area contributed by atoms with Crippen molar-refractivity contribution in [2.75, 3.05) is 0 Å². The highest BCUT2D eigenvalue weighted by Crippen LogP contribution is 2.31. The molecule has 0 spiro atoms. The molecule has 6 heteroatoms. The second-order valence-corrected chi connectivity index (χ2v) is 6.22. The summed E-state index contributed by atoms with van der Waals surface area (Å²) in [5, 5.41) is 12.6. The Balaban J connectivity index is 1.98. The first-order valence-electron chi connectivity index (χ1n) is 7.98. The predicted molar refractivity (Wildman–Crippen MR) is 103 cm³/mol. The van der Waals surface area contributed by atoms with Crippen molar-refractivity contribution in [3.63, 3.8) is 0 Å². The number of hydrogen-bond acceptors (Lipinski definition) is 3. The van der Waals surface area contributed by atoms with Gasteiger partial charge in [0.2, 0.25) is 4.77 Å². The minimum Gasteiger partial charge on any atom is -0.343 e. The summed E-state index contributed by atoms with van der Waals surface area (Å²) < 4.78 is 4.31. The molecule has 0 aliphatic rings. The molecule has 0 aliphatic heterocycles. The molecule has 0 amide bonds. The Morgan fingerprint density at radius 1 is 1.08 bits per heavy atom. The van der Waals surface area contributed by atoms with Crippen LogP contribution in [0.5, 0.6) is 0 Å². The van der Waals surface area contributed by atoms with Crippen LogP contribution in [0.25, 0.3) is 22.2 Å². The summed E-state index contributed by atoms with van der Waals surface area (Å²) in [6, 6.07) is 18.7. The zero-order valence-electron chi connectivity index (χ0n) is 14.0. The summed E-state index contributed by atoms with van der Waals surface area (Å²) in [7, 11) is 2.08. The van der Waals surface area contributed by atoms with Crippen LogP contribution in [-0.2, 0) is 7.05 Å². The first-order valence-corrected chi connectivity index (χ1v) is 8.39. The number of para-hydroxylation sites is 1. The molecule has 0 saturated heterocycles. The Hall–Kier alpha value is -2.99. The zero-order valence-corrected chi connectivity index (χ0v) is 14.8. The molecule has 2 aromatic heterocycles. The van der Waals surface area contributed by atoms with Gasteiger partial charge in [-0.05, 0) is 30.8 Å². The number of benzene rings is 2. The van der Waals surface area contributed by atoms with Crippen molar-refractivity contribution < 1.29 is 0 Å². The van der Waals surface area contributed by atoms with Crippen LogP contribution in [0.15, 0.2) is 59.7 Å². The molecule has 0 fully saturated rings. The molecule has 25 heavy (non-hydrogen) atoms. The number of aromatic amines is 1. The maximum atomic E-state index is 5.24. The molecule has 124 valence electrons. The number of hydrogen-bond donors (Lipinski definition) is 1. The molecule has 0 unspecified atom stereocenters. The van der Waals surface area contributed by atoms with Gasteiger partial charge in [0.05, 0.1) is 11.9 Å². The topological polar surface area (TPSA) is 50.9 Å². The maximum absolute atomic E-state index is 5.24. The van der Waals surface area contributed by atoms with Crippen molar-refractivity contribution in [3.8, 4) is 11.3 Å². The van der Waals surface area contributed by atoms with Crippen molar-refractivity contribution in [2.45, 2.75) is 6.92 Å². The Morgan fingerprint density at radius 2 is 1.80 bits per heavy atom. The number of aryl methyl sites for hydroxylation is 2. The van der Waals surface area contributed by atoms with E-state index in [4.69, 9.17) is 12.2 Å². The summed E-state index contributed by atoms with van der Waals surface area (Å²) >= 11 is 5.24. The molecule has 5 nitrogen and oxygen atoms in total. The average Bonchev–Trinajstić information content (AvgIpc) is 3.11. The molecule has 2 heterocycles. The highest BCUT2D eigenvalue weighted by molar-refractivity contribution is 7.71. The van der Waals surface area contributed by atoms with Crippen molar-refractivity contribution in [2.24, 2.45) is 12.1 Å². The SMILES string of the molecule is Cc1n[nH]c(=S)n1/N=C/c1c(-c2ccccc2)n(C)c2ccccc12. The normalized spacial score (nSPS) is 11.6. The van der Waals surface area contributed by atoms with Crippen molar-refractivity contribution in [3.05, 3.63) is 70.8 Å². The van der Waals surface area contributed by atoms with Crippen molar-refractivity contribution in [1.29, 1.82) is 0 Å². The van der Waals surface area contributed by atoms with E-state index < -0.39 is 0 Å². The second-order valence-electron chi connectivity index (χ2n) is 5.84. The van der Waals surface area contributed by atoms with Gasteiger partial charge in [0.1, 0.15) is 5.82 Å². The van der Waals surface area contributed by atoms with Crippen molar-refractivity contribution in [1.82, 2.24) is 19.4 Å². The fourth-order valence-corrected chi connectivity index (χ4v) is 3.35. The molecule has 2 aromatic carbocycles. The number of nitrogens with zero attached hydrogens (tertiary/aromatic N) is 4. The van der Waals surface area contributed by atoms with E-state index in [0.29, 0.717) is 4.77 Å². The third-order valence-electron chi connectivity index (χ3n) is 4.31. The minimum atomic E-state index is 0.482. The number of nitrogens with one attached hydrogen (secondary N) is 1. The summed E-state index contributed by atoms with van der Waals surface area (Å²) in [6.45, 7) is 1.87. The third kappa shape index (κ3) is 2.60. The lowest BCUT2D eigenvalue weighted by molar-refractivity contribution is 0.821. The highest BCUT2D eigenvalue weighted by atomic mass is 32.1. The Bertz CT molecular complexity index is 1130. The Morgan fingerprint density at radius 3 is 2.52 bits per heavy atom. The summed E-state index contributed by atoms with van der Waals surface area (Å²) in [5.41, 5.74) is 4.50. The molecule has 0 bridgehead atoms.